The lowest BCUT2D eigenvalue weighted by Gasteiger charge is -2.05. The van der Waals surface area contributed by atoms with Crippen molar-refractivity contribution in [3.63, 3.8) is 0 Å². The Balaban J connectivity index is 2.19. The Morgan fingerprint density at radius 1 is 1.30 bits per heavy atom. The van der Waals surface area contributed by atoms with Crippen LogP contribution in [-0.4, -0.2) is 12.5 Å². The molecule has 3 N–H and O–H groups in total. The van der Waals surface area contributed by atoms with Gasteiger partial charge in [0.2, 0.25) is 0 Å². The summed E-state index contributed by atoms with van der Waals surface area (Å²) in [5, 5.41) is 2.80. The van der Waals surface area contributed by atoms with Gasteiger partial charge in [-0.05, 0) is 24.3 Å². The van der Waals surface area contributed by atoms with Crippen molar-refractivity contribution in [3.05, 3.63) is 53.5 Å². The molecule has 4 nitrogen and oxygen atoms in total. The molecular weight excluding hydrogens is 252 g/mol. The second-order valence-corrected chi connectivity index (χ2v) is 4.13. The van der Waals surface area contributed by atoms with E-state index in [1.807, 2.05) is 25.1 Å². The van der Waals surface area contributed by atoms with Gasteiger partial charge in [0.15, 0.2) is 5.76 Å². The minimum Gasteiger partial charge on any atom is -0.456 e. The summed E-state index contributed by atoms with van der Waals surface area (Å²) in [6.45, 7) is 2.25. The number of amides is 1. The van der Waals surface area contributed by atoms with Crippen LogP contribution in [-0.2, 0) is 6.42 Å². The lowest BCUT2D eigenvalue weighted by Crippen LogP contribution is -2.12. The number of aryl methyl sites for hydroxylation is 1. The predicted molar refractivity (Wildman–Crippen MR) is 78.4 cm³/mol. The third kappa shape index (κ3) is 3.28. The van der Waals surface area contributed by atoms with Crippen LogP contribution in [0.5, 0.6) is 0 Å². The van der Waals surface area contributed by atoms with E-state index in [4.69, 9.17) is 10.2 Å². The van der Waals surface area contributed by atoms with E-state index < -0.39 is 0 Å². The molecule has 0 atom stereocenters. The van der Waals surface area contributed by atoms with Crippen LogP contribution in [0.2, 0.25) is 0 Å². The molecule has 20 heavy (non-hydrogen) atoms. The van der Waals surface area contributed by atoms with E-state index in [0.717, 1.165) is 17.7 Å². The van der Waals surface area contributed by atoms with Crippen LogP contribution in [0.3, 0.4) is 0 Å². The summed E-state index contributed by atoms with van der Waals surface area (Å²) in [5.74, 6) is 6.49. The molecule has 102 valence electrons. The Hall–Kier alpha value is -2.51. The van der Waals surface area contributed by atoms with Gasteiger partial charge in [0.05, 0.1) is 12.2 Å². The molecule has 0 aliphatic carbocycles. The van der Waals surface area contributed by atoms with Gasteiger partial charge in [0.1, 0.15) is 5.76 Å². The van der Waals surface area contributed by atoms with E-state index in [2.05, 4.69) is 17.2 Å². The van der Waals surface area contributed by atoms with Gasteiger partial charge in [-0.2, -0.15) is 0 Å². The number of rotatable bonds is 3. The number of benzene rings is 1. The van der Waals surface area contributed by atoms with Crippen LogP contribution in [0.1, 0.15) is 28.8 Å². The van der Waals surface area contributed by atoms with Crippen molar-refractivity contribution in [2.75, 3.05) is 11.9 Å². The van der Waals surface area contributed by atoms with Gasteiger partial charge in [0.25, 0.3) is 5.91 Å². The van der Waals surface area contributed by atoms with Crippen LogP contribution >= 0.6 is 0 Å². The summed E-state index contributed by atoms with van der Waals surface area (Å²) in [5.41, 5.74) is 6.74. The summed E-state index contributed by atoms with van der Waals surface area (Å²) in [6, 6.07) is 10.8. The standard InChI is InChI=1S/C16H16N2O2/c1-2-13-9-10-15(20-13)16(19)18-14-8-4-3-6-12(14)7-5-11-17/h3-4,6,8-10H,2,11,17H2,1H3,(H,18,19). The van der Waals surface area contributed by atoms with Crippen LogP contribution in [0.25, 0.3) is 0 Å². The van der Waals surface area contributed by atoms with E-state index in [-0.39, 0.29) is 12.5 Å². The van der Waals surface area contributed by atoms with Gasteiger partial charge < -0.3 is 15.5 Å². The number of nitrogens with one attached hydrogen (secondary N) is 1. The molecule has 1 amide bonds. The number of anilines is 1. The van der Waals surface area contributed by atoms with E-state index in [9.17, 15) is 4.79 Å². The number of para-hydroxylation sites is 1. The first-order valence-corrected chi connectivity index (χ1v) is 6.42. The molecule has 1 heterocycles. The number of carbonyl (C=O) groups is 1. The summed E-state index contributed by atoms with van der Waals surface area (Å²) >= 11 is 0. The van der Waals surface area contributed by atoms with Crippen molar-refractivity contribution >= 4 is 11.6 Å². The fourth-order valence-corrected chi connectivity index (χ4v) is 1.72. The number of carbonyl (C=O) groups excluding carboxylic acids is 1. The molecule has 4 heteroatoms. The Bertz CT molecular complexity index is 662. The van der Waals surface area contributed by atoms with Gasteiger partial charge in [-0.1, -0.05) is 30.9 Å². The first kappa shape index (κ1) is 13.9. The topological polar surface area (TPSA) is 68.3 Å². The van der Waals surface area contributed by atoms with Gasteiger partial charge in [-0.25, -0.2) is 0 Å². The molecule has 2 aromatic rings. The fourth-order valence-electron chi connectivity index (χ4n) is 1.72. The van der Waals surface area contributed by atoms with Gasteiger partial charge in [-0.15, -0.1) is 0 Å². The average Bonchev–Trinajstić information content (AvgIpc) is 2.95. The summed E-state index contributed by atoms with van der Waals surface area (Å²) in [7, 11) is 0. The molecule has 0 spiro atoms. The summed E-state index contributed by atoms with van der Waals surface area (Å²) in [4.78, 5) is 12.1. The van der Waals surface area contributed by atoms with Gasteiger partial charge in [0, 0.05) is 12.0 Å². The Labute approximate surface area is 118 Å². The SMILES string of the molecule is CCc1ccc(C(=O)Nc2ccccc2C#CCN)o1. The molecule has 0 fully saturated rings. The third-order valence-corrected chi connectivity index (χ3v) is 2.73. The number of hydrogen-bond acceptors (Lipinski definition) is 3. The fraction of sp³-hybridized carbons (Fsp3) is 0.188. The van der Waals surface area contributed by atoms with E-state index in [1.54, 1.807) is 18.2 Å². The Morgan fingerprint density at radius 3 is 2.80 bits per heavy atom. The molecule has 2 rings (SSSR count). The number of furan rings is 1. The van der Waals surface area contributed by atoms with Crippen LogP contribution in [0.15, 0.2) is 40.8 Å². The van der Waals surface area contributed by atoms with E-state index >= 15 is 0 Å². The van der Waals surface area contributed by atoms with Crippen molar-refractivity contribution in [1.29, 1.82) is 0 Å². The zero-order valence-electron chi connectivity index (χ0n) is 11.3. The predicted octanol–water partition coefficient (Wildman–Crippen LogP) is 2.40. The largest absolute Gasteiger partial charge is 0.456 e. The average molecular weight is 268 g/mol. The molecule has 0 aliphatic rings. The summed E-state index contributed by atoms with van der Waals surface area (Å²) < 4.78 is 5.42. The molecule has 0 saturated carbocycles. The quantitative estimate of drug-likeness (QED) is 0.840. The molecule has 1 aromatic heterocycles. The van der Waals surface area contributed by atoms with Gasteiger partial charge in [-0.3, -0.25) is 4.79 Å². The molecule has 0 radical (unpaired) electrons. The molecule has 0 unspecified atom stereocenters. The number of nitrogens with two attached hydrogens (primary N) is 1. The Morgan fingerprint density at radius 2 is 2.10 bits per heavy atom. The maximum Gasteiger partial charge on any atom is 0.291 e. The molecule has 0 aliphatic heterocycles. The van der Waals surface area contributed by atoms with Crippen LogP contribution < -0.4 is 11.1 Å². The third-order valence-electron chi connectivity index (χ3n) is 2.73. The van der Waals surface area contributed by atoms with Crippen LogP contribution in [0, 0.1) is 11.8 Å². The molecule has 0 bridgehead atoms. The zero-order valence-corrected chi connectivity index (χ0v) is 11.3. The first-order chi connectivity index (χ1) is 9.74. The Kier molecular flexibility index (Phi) is 4.59. The van der Waals surface area contributed by atoms with Crippen molar-refractivity contribution < 1.29 is 9.21 Å². The van der Waals surface area contributed by atoms with Crippen molar-refractivity contribution in [1.82, 2.24) is 0 Å². The van der Waals surface area contributed by atoms with E-state index in [1.165, 1.54) is 0 Å². The second-order valence-electron chi connectivity index (χ2n) is 4.13. The smallest absolute Gasteiger partial charge is 0.291 e. The lowest BCUT2D eigenvalue weighted by molar-refractivity contribution is 0.0995. The van der Waals surface area contributed by atoms with Gasteiger partial charge >= 0.3 is 0 Å². The number of hydrogen-bond donors (Lipinski definition) is 2. The van der Waals surface area contributed by atoms with E-state index in [0.29, 0.717) is 11.4 Å². The normalized spacial score (nSPS) is 9.70. The van der Waals surface area contributed by atoms with Crippen molar-refractivity contribution in [2.45, 2.75) is 13.3 Å². The van der Waals surface area contributed by atoms with Crippen molar-refractivity contribution in [2.24, 2.45) is 5.73 Å². The highest BCUT2D eigenvalue weighted by Crippen LogP contribution is 2.16. The minimum atomic E-state index is -0.285. The molecule has 0 saturated heterocycles. The highest BCUT2D eigenvalue weighted by Gasteiger charge is 2.12. The minimum absolute atomic E-state index is 0.278. The highest BCUT2D eigenvalue weighted by molar-refractivity contribution is 6.03. The lowest BCUT2D eigenvalue weighted by atomic mass is 10.2. The zero-order chi connectivity index (χ0) is 14.4. The molecular formula is C16H16N2O2. The maximum atomic E-state index is 12.1. The monoisotopic (exact) mass is 268 g/mol. The molecule has 1 aromatic carbocycles. The first-order valence-electron chi connectivity index (χ1n) is 6.42. The maximum absolute atomic E-state index is 12.1. The second kappa shape index (κ2) is 6.60. The summed E-state index contributed by atoms with van der Waals surface area (Å²) in [6.07, 6.45) is 0.756. The highest BCUT2D eigenvalue weighted by atomic mass is 16.3. The van der Waals surface area contributed by atoms with Crippen molar-refractivity contribution in [3.8, 4) is 11.8 Å². The van der Waals surface area contributed by atoms with Crippen LogP contribution in [0.4, 0.5) is 5.69 Å².